The number of carbonyl (C=O) groups is 2. The van der Waals surface area contributed by atoms with E-state index in [4.69, 9.17) is 11.6 Å². The van der Waals surface area contributed by atoms with E-state index in [2.05, 4.69) is 5.32 Å². The predicted molar refractivity (Wildman–Crippen MR) is 115 cm³/mol. The molecule has 0 saturated heterocycles. The van der Waals surface area contributed by atoms with Crippen LogP contribution in [0.5, 0.6) is 0 Å². The van der Waals surface area contributed by atoms with Crippen molar-refractivity contribution in [1.29, 1.82) is 0 Å². The monoisotopic (exact) mass is 396 g/mol. The topological polar surface area (TPSA) is 49.4 Å². The molecule has 1 N–H and O–H groups in total. The molecular weight excluding hydrogens is 372 g/mol. The Labute approximate surface area is 171 Å². The van der Waals surface area contributed by atoms with Gasteiger partial charge in [0.1, 0.15) is 0 Å². The van der Waals surface area contributed by atoms with E-state index in [1.54, 1.807) is 24.3 Å². The molecule has 1 fully saturated rings. The van der Waals surface area contributed by atoms with Crippen LogP contribution in [0.1, 0.15) is 48.0 Å². The second-order valence-electron chi connectivity index (χ2n) is 7.10. The highest BCUT2D eigenvalue weighted by molar-refractivity contribution is 6.32. The zero-order valence-electron chi connectivity index (χ0n) is 16.0. The number of carbonyl (C=O) groups excluding carboxylic acids is 2. The van der Waals surface area contributed by atoms with Crippen LogP contribution in [0.4, 0.5) is 5.69 Å². The third-order valence-electron chi connectivity index (χ3n) is 5.18. The Morgan fingerprint density at radius 2 is 1.71 bits per heavy atom. The SMILES string of the molecule is CN(C(=O)c1ccccc1NC(=O)/C=C/c1ccccc1Cl)C1CCCCC1. The maximum absolute atomic E-state index is 13.0. The summed E-state index contributed by atoms with van der Waals surface area (Å²) in [6.07, 6.45) is 8.72. The normalized spacial score (nSPS) is 14.8. The molecule has 2 aromatic carbocycles. The van der Waals surface area contributed by atoms with Crippen LogP contribution in [0.3, 0.4) is 0 Å². The molecule has 0 radical (unpaired) electrons. The van der Waals surface area contributed by atoms with Crippen LogP contribution < -0.4 is 5.32 Å². The molecule has 0 heterocycles. The van der Waals surface area contributed by atoms with E-state index in [1.165, 1.54) is 12.5 Å². The molecule has 0 atom stereocenters. The van der Waals surface area contributed by atoms with Gasteiger partial charge in [-0.2, -0.15) is 0 Å². The largest absolute Gasteiger partial charge is 0.339 e. The number of benzene rings is 2. The lowest BCUT2D eigenvalue weighted by Crippen LogP contribution is -2.38. The molecule has 0 aromatic heterocycles. The summed E-state index contributed by atoms with van der Waals surface area (Å²) >= 11 is 6.11. The smallest absolute Gasteiger partial charge is 0.255 e. The molecule has 28 heavy (non-hydrogen) atoms. The number of hydrogen-bond acceptors (Lipinski definition) is 2. The Morgan fingerprint density at radius 3 is 2.46 bits per heavy atom. The van der Waals surface area contributed by atoms with Gasteiger partial charge in [-0.25, -0.2) is 0 Å². The van der Waals surface area contributed by atoms with Gasteiger partial charge in [-0.05, 0) is 42.7 Å². The van der Waals surface area contributed by atoms with Gasteiger partial charge in [-0.15, -0.1) is 0 Å². The Kier molecular flexibility index (Phi) is 6.88. The molecule has 0 unspecified atom stereocenters. The van der Waals surface area contributed by atoms with E-state index >= 15 is 0 Å². The first-order valence-corrected chi connectivity index (χ1v) is 10.0. The van der Waals surface area contributed by atoms with Crippen LogP contribution in [0.15, 0.2) is 54.6 Å². The lowest BCUT2D eigenvalue weighted by atomic mass is 9.94. The maximum Gasteiger partial charge on any atom is 0.255 e. The highest BCUT2D eigenvalue weighted by Gasteiger charge is 2.24. The molecule has 4 nitrogen and oxygen atoms in total. The number of anilines is 1. The molecular formula is C23H25ClN2O2. The Morgan fingerprint density at radius 1 is 1.04 bits per heavy atom. The average molecular weight is 397 g/mol. The lowest BCUT2D eigenvalue weighted by molar-refractivity contribution is -0.111. The summed E-state index contributed by atoms with van der Waals surface area (Å²) in [5.41, 5.74) is 1.79. The van der Waals surface area contributed by atoms with Crippen LogP contribution in [0.25, 0.3) is 6.08 Å². The number of halogens is 1. The van der Waals surface area contributed by atoms with E-state index in [0.717, 1.165) is 31.2 Å². The van der Waals surface area contributed by atoms with E-state index < -0.39 is 0 Å². The van der Waals surface area contributed by atoms with Crippen molar-refractivity contribution in [2.45, 2.75) is 38.1 Å². The van der Waals surface area contributed by atoms with Gasteiger partial charge < -0.3 is 10.2 Å². The summed E-state index contributed by atoms with van der Waals surface area (Å²) in [5.74, 6) is -0.363. The zero-order valence-corrected chi connectivity index (χ0v) is 16.8. The minimum Gasteiger partial charge on any atom is -0.339 e. The predicted octanol–water partition coefficient (Wildman–Crippen LogP) is 5.40. The van der Waals surface area contributed by atoms with Gasteiger partial charge in [0.15, 0.2) is 0 Å². The van der Waals surface area contributed by atoms with Crippen molar-refractivity contribution in [3.05, 3.63) is 70.8 Å². The van der Waals surface area contributed by atoms with Gasteiger partial charge in [0.05, 0.1) is 11.3 Å². The van der Waals surface area contributed by atoms with Crippen molar-refractivity contribution in [2.24, 2.45) is 0 Å². The molecule has 0 aliphatic heterocycles. The summed E-state index contributed by atoms with van der Waals surface area (Å²) in [7, 11) is 1.86. The first-order valence-electron chi connectivity index (χ1n) is 9.66. The van der Waals surface area contributed by atoms with E-state index in [0.29, 0.717) is 16.3 Å². The van der Waals surface area contributed by atoms with E-state index in [1.807, 2.05) is 42.3 Å². The molecule has 0 spiro atoms. The third kappa shape index (κ3) is 5.02. The molecule has 2 aromatic rings. The number of nitrogens with one attached hydrogen (secondary N) is 1. The molecule has 3 rings (SSSR count). The van der Waals surface area contributed by atoms with Crippen molar-refractivity contribution < 1.29 is 9.59 Å². The number of para-hydroxylation sites is 1. The van der Waals surface area contributed by atoms with E-state index in [-0.39, 0.29) is 17.9 Å². The average Bonchev–Trinajstić information content (AvgIpc) is 2.73. The quantitative estimate of drug-likeness (QED) is 0.688. The zero-order chi connectivity index (χ0) is 19.9. The van der Waals surface area contributed by atoms with Crippen molar-refractivity contribution in [1.82, 2.24) is 4.90 Å². The highest BCUT2D eigenvalue weighted by atomic mass is 35.5. The minimum absolute atomic E-state index is 0.0575. The van der Waals surface area contributed by atoms with Gasteiger partial charge in [0.2, 0.25) is 5.91 Å². The fourth-order valence-corrected chi connectivity index (χ4v) is 3.75. The summed E-state index contributed by atoms with van der Waals surface area (Å²) in [5, 5.41) is 3.40. The number of hydrogen-bond donors (Lipinski definition) is 1. The van der Waals surface area contributed by atoms with Crippen molar-refractivity contribution >= 4 is 35.2 Å². The van der Waals surface area contributed by atoms with Crippen LogP contribution in [0.2, 0.25) is 5.02 Å². The van der Waals surface area contributed by atoms with Crippen LogP contribution in [-0.2, 0) is 4.79 Å². The van der Waals surface area contributed by atoms with Gasteiger partial charge in [0.25, 0.3) is 5.91 Å². The fourth-order valence-electron chi connectivity index (χ4n) is 3.55. The second kappa shape index (κ2) is 9.56. The van der Waals surface area contributed by atoms with Crippen LogP contribution in [-0.4, -0.2) is 29.8 Å². The van der Waals surface area contributed by atoms with Gasteiger partial charge in [-0.1, -0.05) is 61.2 Å². The molecule has 1 aliphatic rings. The number of nitrogens with zero attached hydrogens (tertiary/aromatic N) is 1. The second-order valence-corrected chi connectivity index (χ2v) is 7.50. The van der Waals surface area contributed by atoms with Crippen LogP contribution in [0, 0.1) is 0 Å². The first kappa shape index (κ1) is 20.2. The fraction of sp³-hybridized carbons (Fsp3) is 0.304. The highest BCUT2D eigenvalue weighted by Crippen LogP contribution is 2.25. The standard InChI is InChI=1S/C23H25ClN2O2/c1-26(18-10-3-2-4-11-18)23(28)19-12-6-8-14-21(19)25-22(27)16-15-17-9-5-7-13-20(17)24/h5-9,12-16,18H,2-4,10-11H2,1H3,(H,25,27)/b16-15+. The molecule has 1 saturated carbocycles. The van der Waals surface area contributed by atoms with Crippen molar-refractivity contribution in [2.75, 3.05) is 12.4 Å². The van der Waals surface area contributed by atoms with Crippen molar-refractivity contribution in [3.63, 3.8) is 0 Å². The van der Waals surface area contributed by atoms with Gasteiger partial charge >= 0.3 is 0 Å². The summed E-state index contributed by atoms with van der Waals surface area (Å²) in [4.78, 5) is 27.2. The Bertz CT molecular complexity index is 872. The first-order chi connectivity index (χ1) is 13.6. The maximum atomic E-state index is 13.0. The summed E-state index contributed by atoms with van der Waals surface area (Å²) < 4.78 is 0. The third-order valence-corrected chi connectivity index (χ3v) is 5.52. The van der Waals surface area contributed by atoms with E-state index in [9.17, 15) is 9.59 Å². The Hall–Kier alpha value is -2.59. The minimum atomic E-state index is -0.305. The summed E-state index contributed by atoms with van der Waals surface area (Å²) in [6.45, 7) is 0. The molecule has 5 heteroatoms. The van der Waals surface area contributed by atoms with Crippen LogP contribution >= 0.6 is 11.6 Å². The van der Waals surface area contributed by atoms with Crippen molar-refractivity contribution in [3.8, 4) is 0 Å². The van der Waals surface area contributed by atoms with Gasteiger partial charge in [-0.3, -0.25) is 9.59 Å². The number of rotatable bonds is 5. The molecule has 0 bridgehead atoms. The summed E-state index contributed by atoms with van der Waals surface area (Å²) in [6, 6.07) is 14.7. The molecule has 146 valence electrons. The lowest BCUT2D eigenvalue weighted by Gasteiger charge is -2.31. The van der Waals surface area contributed by atoms with Gasteiger partial charge in [0, 0.05) is 24.2 Å². The Balaban J connectivity index is 1.72. The molecule has 2 amide bonds. The molecule has 1 aliphatic carbocycles. The number of amides is 2.